The van der Waals surface area contributed by atoms with E-state index in [1.165, 1.54) is 10.7 Å². The number of hydrogen-bond donors (Lipinski definition) is 0. The quantitative estimate of drug-likeness (QED) is 0.418. The summed E-state index contributed by atoms with van der Waals surface area (Å²) in [6.45, 7) is 11.0. The first kappa shape index (κ1) is 8.10. The molecule has 2 radical (unpaired) electrons. The van der Waals surface area contributed by atoms with Crippen molar-refractivity contribution >= 4 is 38.7 Å². The van der Waals surface area contributed by atoms with Gasteiger partial charge in [-0.3, -0.25) is 0 Å². The van der Waals surface area contributed by atoms with Gasteiger partial charge in [-0.2, -0.15) is 0 Å². The van der Waals surface area contributed by atoms with Gasteiger partial charge < -0.3 is 0 Å². The Bertz CT molecular complexity index is 180. The van der Waals surface area contributed by atoms with Crippen molar-refractivity contribution in [2.75, 3.05) is 0 Å². The molecule has 1 rings (SSSR count). The van der Waals surface area contributed by atoms with E-state index in [4.69, 9.17) is 0 Å². The van der Waals surface area contributed by atoms with Crippen LogP contribution in [0.15, 0.2) is 0 Å². The summed E-state index contributed by atoms with van der Waals surface area (Å²) in [5.41, 5.74) is 0. The summed E-state index contributed by atoms with van der Waals surface area (Å²) in [5.74, 6) is 0.653. The van der Waals surface area contributed by atoms with Gasteiger partial charge in [0.25, 0.3) is 0 Å². The van der Waals surface area contributed by atoms with Crippen LogP contribution in [-0.2, 0) is 0 Å². The Morgan fingerprint density at radius 3 is 2.40 bits per heavy atom. The van der Waals surface area contributed by atoms with Gasteiger partial charge in [-0.05, 0) is 0 Å². The monoisotopic (exact) mass is 126 g/mol. The van der Waals surface area contributed by atoms with Crippen molar-refractivity contribution in [2.24, 2.45) is 5.92 Å². The Morgan fingerprint density at radius 1 is 1.30 bits per heavy atom. The standard InChI is InChI=1S/C6H10B4/c1-4(2)6-7-5(3)8-10-9-6/h4H,1-3H3. The molecule has 0 aliphatic carbocycles. The number of rotatable bonds is 1. The fourth-order valence-corrected chi connectivity index (χ4v) is 1.03. The topological polar surface area (TPSA) is 0 Å². The molecule has 0 bridgehead atoms. The van der Waals surface area contributed by atoms with E-state index in [1.807, 2.05) is 0 Å². The van der Waals surface area contributed by atoms with E-state index in [2.05, 4.69) is 48.7 Å². The average Bonchev–Trinajstić information content (AvgIpc) is 1.88. The molecular weight excluding hydrogens is 115 g/mol. The molecule has 0 fully saturated rings. The van der Waals surface area contributed by atoms with Crippen LogP contribution in [0, 0.1) is 5.92 Å². The third-order valence-electron chi connectivity index (χ3n) is 1.71. The van der Waals surface area contributed by atoms with E-state index in [9.17, 15) is 0 Å². The van der Waals surface area contributed by atoms with E-state index >= 15 is 0 Å². The Labute approximate surface area is 66.0 Å². The van der Waals surface area contributed by atoms with Crippen LogP contribution in [0.5, 0.6) is 0 Å². The summed E-state index contributed by atoms with van der Waals surface area (Å²) in [6, 6.07) is 0. The molecule has 0 spiro atoms. The molecule has 0 unspecified atom stereocenters. The zero-order chi connectivity index (χ0) is 7.56. The van der Waals surface area contributed by atoms with Gasteiger partial charge in [0.1, 0.15) is 0 Å². The van der Waals surface area contributed by atoms with E-state index < -0.39 is 0 Å². The van der Waals surface area contributed by atoms with Crippen LogP contribution in [0.1, 0.15) is 20.8 Å². The molecule has 10 heavy (non-hydrogen) atoms. The molecule has 0 saturated carbocycles. The van der Waals surface area contributed by atoms with Crippen LogP contribution in [0.3, 0.4) is 0 Å². The Hall–Kier alpha value is -0.000260. The van der Waals surface area contributed by atoms with Gasteiger partial charge in [0, 0.05) is 0 Å². The predicted octanol–water partition coefficient (Wildman–Crippen LogP) is -0.418. The van der Waals surface area contributed by atoms with Crippen molar-refractivity contribution < 1.29 is 0 Å². The van der Waals surface area contributed by atoms with Crippen molar-refractivity contribution in [3.05, 3.63) is 0 Å². The van der Waals surface area contributed by atoms with Crippen molar-refractivity contribution in [2.45, 2.75) is 20.8 Å². The normalized spacial score (nSPS) is 15.6. The van der Waals surface area contributed by atoms with Gasteiger partial charge in [0.15, 0.2) is 0 Å². The fourth-order valence-electron chi connectivity index (χ4n) is 1.03. The van der Waals surface area contributed by atoms with Crippen molar-refractivity contribution in [3.63, 3.8) is 0 Å². The second kappa shape index (κ2) is 3.41. The molecule has 46 valence electrons. The summed E-state index contributed by atoms with van der Waals surface area (Å²) in [6.07, 6.45) is 0. The van der Waals surface area contributed by atoms with Crippen molar-refractivity contribution in [3.8, 4) is 0 Å². The van der Waals surface area contributed by atoms with E-state index in [1.54, 1.807) is 0 Å². The van der Waals surface area contributed by atoms with E-state index in [0.717, 1.165) is 0 Å². The average molecular weight is 125 g/mol. The molecule has 0 saturated heterocycles. The molecule has 1 aliphatic heterocycles. The SMILES string of the molecule is CC1=BC(C(C)C)=B[B][B]1. The van der Waals surface area contributed by atoms with Crippen LogP contribution in [0.2, 0.25) is 0 Å². The zero-order valence-corrected chi connectivity index (χ0v) is 6.89. The van der Waals surface area contributed by atoms with Gasteiger partial charge in [0.2, 0.25) is 0 Å². The first-order valence-corrected chi connectivity index (χ1v) is 3.76. The summed E-state index contributed by atoms with van der Waals surface area (Å²) in [5, 5.41) is 2.78. The fraction of sp³-hybridized carbons (Fsp3) is 0.667. The van der Waals surface area contributed by atoms with Gasteiger partial charge >= 0.3 is 65.4 Å². The van der Waals surface area contributed by atoms with Crippen LogP contribution >= 0.6 is 0 Å². The van der Waals surface area contributed by atoms with Crippen LogP contribution < -0.4 is 0 Å². The Balaban J connectivity index is 2.69. The third kappa shape index (κ3) is 2.00. The molecule has 0 aromatic rings. The molecule has 0 aromatic heterocycles. The molecule has 1 heterocycles. The molecule has 1 aliphatic rings. The molecule has 0 N–H and O–H groups in total. The summed E-state index contributed by atoms with van der Waals surface area (Å²) in [7, 11) is 4.25. The Kier molecular flexibility index (Phi) is 2.76. The molecular formula is C6H10B4. The maximum atomic E-state index is 2.24. The van der Waals surface area contributed by atoms with Crippen LogP contribution in [0.25, 0.3) is 0 Å². The van der Waals surface area contributed by atoms with E-state index in [-0.39, 0.29) is 0 Å². The van der Waals surface area contributed by atoms with Gasteiger partial charge in [-0.15, -0.1) is 0 Å². The van der Waals surface area contributed by atoms with E-state index in [0.29, 0.717) is 5.92 Å². The summed E-state index contributed by atoms with van der Waals surface area (Å²) >= 11 is 0. The Morgan fingerprint density at radius 2 is 2.00 bits per heavy atom. The molecule has 0 nitrogen and oxygen atoms in total. The third-order valence-corrected chi connectivity index (χ3v) is 1.71. The maximum absolute atomic E-state index is 2.24. The van der Waals surface area contributed by atoms with Crippen LogP contribution in [-0.4, -0.2) is 38.7 Å². The summed E-state index contributed by atoms with van der Waals surface area (Å²) < 4.78 is 0. The molecule has 0 aromatic carbocycles. The minimum absolute atomic E-state index is 0.653. The predicted molar refractivity (Wildman–Crippen MR) is 53.5 cm³/mol. The number of hydrogen-bond acceptors (Lipinski definition) is 0. The minimum atomic E-state index is 0.653. The second-order valence-corrected chi connectivity index (χ2v) is 3.07. The van der Waals surface area contributed by atoms with Crippen molar-refractivity contribution in [1.29, 1.82) is 0 Å². The van der Waals surface area contributed by atoms with Gasteiger partial charge in [0.05, 0.1) is 0 Å². The van der Waals surface area contributed by atoms with Crippen LogP contribution in [0.4, 0.5) is 0 Å². The molecule has 0 atom stereocenters. The second-order valence-electron chi connectivity index (χ2n) is 3.07. The molecule has 0 amide bonds. The zero-order valence-electron chi connectivity index (χ0n) is 6.89. The van der Waals surface area contributed by atoms with Gasteiger partial charge in [-0.1, -0.05) is 0 Å². The van der Waals surface area contributed by atoms with Crippen molar-refractivity contribution in [1.82, 2.24) is 0 Å². The first-order valence-electron chi connectivity index (χ1n) is 3.76. The molecule has 4 heteroatoms. The first-order chi connectivity index (χ1) is 4.70. The summed E-state index contributed by atoms with van der Waals surface area (Å²) in [4.78, 5) is 0. The van der Waals surface area contributed by atoms with Gasteiger partial charge in [-0.25, -0.2) is 0 Å².